The fourth-order valence-corrected chi connectivity index (χ4v) is 2.00. The van der Waals surface area contributed by atoms with Crippen molar-refractivity contribution in [3.05, 3.63) is 47.1 Å². The molecule has 0 aromatic carbocycles. The minimum Gasteiger partial charge on any atom is -0.0859 e. The third-order valence-electron chi connectivity index (χ3n) is 3.33. The summed E-state index contributed by atoms with van der Waals surface area (Å²) >= 11 is 0. The van der Waals surface area contributed by atoms with Gasteiger partial charge in [0, 0.05) is 0 Å². The maximum Gasteiger partial charge on any atom is -0.0166 e. The van der Waals surface area contributed by atoms with Crippen molar-refractivity contribution in [3.63, 3.8) is 0 Å². The lowest BCUT2D eigenvalue weighted by Gasteiger charge is -2.03. The third kappa shape index (κ3) is 13.4. The van der Waals surface area contributed by atoms with Gasteiger partial charge in [-0.25, -0.2) is 0 Å². The maximum absolute atomic E-state index is 2.36. The fourth-order valence-electron chi connectivity index (χ4n) is 2.00. The Balaban J connectivity index is 3.87. The van der Waals surface area contributed by atoms with E-state index in [1.54, 1.807) is 0 Å². The summed E-state index contributed by atoms with van der Waals surface area (Å²) in [5, 5.41) is 0. The van der Waals surface area contributed by atoms with Crippen LogP contribution in [-0.2, 0) is 0 Å². The monoisotopic (exact) mass is 274 g/mol. The zero-order chi connectivity index (χ0) is 15.4. The van der Waals surface area contributed by atoms with Crippen molar-refractivity contribution in [2.24, 2.45) is 5.92 Å². The number of allylic oxidation sites excluding steroid dienone is 8. The van der Waals surface area contributed by atoms with Gasteiger partial charge in [-0.1, -0.05) is 54.0 Å². The molecule has 0 aliphatic rings. The molecule has 0 aromatic heterocycles. The first kappa shape index (κ1) is 19.0. The van der Waals surface area contributed by atoms with Gasteiger partial charge in [0.05, 0.1) is 0 Å². The Morgan fingerprint density at radius 1 is 0.850 bits per heavy atom. The second-order valence-corrected chi connectivity index (χ2v) is 6.37. The van der Waals surface area contributed by atoms with E-state index in [4.69, 9.17) is 0 Å². The van der Waals surface area contributed by atoms with Crippen LogP contribution in [0.4, 0.5) is 0 Å². The van der Waals surface area contributed by atoms with Crippen molar-refractivity contribution in [2.75, 3.05) is 0 Å². The number of hydrogen-bond donors (Lipinski definition) is 0. The highest BCUT2D eigenvalue weighted by molar-refractivity contribution is 5.05. The van der Waals surface area contributed by atoms with E-state index in [-0.39, 0.29) is 0 Å². The van der Waals surface area contributed by atoms with E-state index in [9.17, 15) is 0 Å². The summed E-state index contributed by atoms with van der Waals surface area (Å²) in [6.45, 7) is 13.2. The van der Waals surface area contributed by atoms with Crippen LogP contribution in [-0.4, -0.2) is 0 Å². The van der Waals surface area contributed by atoms with Gasteiger partial charge in [-0.15, -0.1) is 0 Å². The molecule has 0 aromatic rings. The fraction of sp³-hybridized carbons (Fsp3) is 0.600. The number of rotatable bonds is 9. The average molecular weight is 274 g/mol. The van der Waals surface area contributed by atoms with Crippen molar-refractivity contribution in [1.82, 2.24) is 0 Å². The zero-order valence-corrected chi connectivity index (χ0v) is 14.5. The minimum atomic E-state index is 0.685. The molecule has 0 saturated carbocycles. The third-order valence-corrected chi connectivity index (χ3v) is 3.33. The van der Waals surface area contributed by atoms with Crippen molar-refractivity contribution in [1.29, 1.82) is 0 Å². The van der Waals surface area contributed by atoms with Gasteiger partial charge in [0.15, 0.2) is 0 Å². The number of hydrogen-bond acceptors (Lipinski definition) is 0. The molecule has 20 heavy (non-hydrogen) atoms. The molecule has 0 fully saturated rings. The Kier molecular flexibility index (Phi) is 11.1. The van der Waals surface area contributed by atoms with Gasteiger partial charge < -0.3 is 0 Å². The van der Waals surface area contributed by atoms with Crippen LogP contribution < -0.4 is 0 Å². The molecule has 0 nitrogen and oxygen atoms in total. The predicted octanol–water partition coefficient (Wildman–Crippen LogP) is 7.01. The first-order valence-electron chi connectivity index (χ1n) is 8.00. The Morgan fingerprint density at radius 3 is 2.05 bits per heavy atom. The lowest BCUT2D eigenvalue weighted by atomic mass is 10.0. The lowest BCUT2D eigenvalue weighted by molar-refractivity contribution is 0.655. The van der Waals surface area contributed by atoms with E-state index in [0.717, 1.165) is 6.42 Å². The van der Waals surface area contributed by atoms with Crippen LogP contribution in [0.25, 0.3) is 0 Å². The highest BCUT2D eigenvalue weighted by Gasteiger charge is 1.94. The Bertz CT molecular complexity index is 355. The second-order valence-electron chi connectivity index (χ2n) is 6.37. The predicted molar refractivity (Wildman–Crippen MR) is 94.0 cm³/mol. The van der Waals surface area contributed by atoms with Crippen LogP contribution in [0.2, 0.25) is 0 Å². The Labute approximate surface area is 127 Å². The van der Waals surface area contributed by atoms with Crippen LogP contribution in [0, 0.1) is 5.92 Å². The first-order chi connectivity index (χ1) is 9.41. The van der Waals surface area contributed by atoms with Crippen LogP contribution in [0.3, 0.4) is 0 Å². The summed E-state index contributed by atoms with van der Waals surface area (Å²) in [5.41, 5.74) is 4.35. The largest absolute Gasteiger partial charge is 0.0859 e. The molecular formula is C20H34. The molecule has 0 amide bonds. The maximum atomic E-state index is 2.36. The van der Waals surface area contributed by atoms with Crippen LogP contribution in [0.1, 0.15) is 73.6 Å². The second kappa shape index (κ2) is 11.8. The molecule has 0 heteroatoms. The van der Waals surface area contributed by atoms with Gasteiger partial charge in [-0.2, -0.15) is 0 Å². The van der Waals surface area contributed by atoms with Gasteiger partial charge >= 0.3 is 0 Å². The molecule has 0 spiro atoms. The SMILES string of the molecule is CC(C)=CCCC(C)=CC/C=C\C(C)CCC=C(C)C. The van der Waals surface area contributed by atoms with Crippen LogP contribution >= 0.6 is 0 Å². The molecule has 0 heterocycles. The van der Waals surface area contributed by atoms with Gasteiger partial charge in [0.25, 0.3) is 0 Å². The highest BCUT2D eigenvalue weighted by atomic mass is 14.0. The Morgan fingerprint density at radius 2 is 1.45 bits per heavy atom. The molecule has 1 unspecified atom stereocenters. The smallest absolute Gasteiger partial charge is 0.0166 e. The van der Waals surface area contributed by atoms with Gasteiger partial charge in [0.1, 0.15) is 0 Å². The van der Waals surface area contributed by atoms with E-state index in [1.165, 1.54) is 42.4 Å². The van der Waals surface area contributed by atoms with Gasteiger partial charge in [-0.3, -0.25) is 0 Å². The van der Waals surface area contributed by atoms with E-state index in [2.05, 4.69) is 71.9 Å². The van der Waals surface area contributed by atoms with Gasteiger partial charge in [0.2, 0.25) is 0 Å². The molecule has 0 rings (SSSR count). The normalized spacial score (nSPS) is 13.4. The molecule has 0 bridgehead atoms. The molecule has 0 aliphatic heterocycles. The summed E-state index contributed by atoms with van der Waals surface area (Å²) in [5.74, 6) is 0.685. The Hall–Kier alpha value is -1.04. The van der Waals surface area contributed by atoms with Crippen molar-refractivity contribution < 1.29 is 0 Å². The molecular weight excluding hydrogens is 240 g/mol. The van der Waals surface area contributed by atoms with Crippen LogP contribution in [0.5, 0.6) is 0 Å². The van der Waals surface area contributed by atoms with Crippen molar-refractivity contribution >= 4 is 0 Å². The van der Waals surface area contributed by atoms with Crippen molar-refractivity contribution in [3.8, 4) is 0 Å². The quantitative estimate of drug-likeness (QED) is 0.397. The van der Waals surface area contributed by atoms with Gasteiger partial charge in [-0.05, 0) is 72.6 Å². The zero-order valence-electron chi connectivity index (χ0n) is 14.5. The van der Waals surface area contributed by atoms with E-state index in [1.807, 2.05) is 0 Å². The summed E-state index contributed by atoms with van der Waals surface area (Å²) in [4.78, 5) is 0. The molecule has 0 aliphatic carbocycles. The topological polar surface area (TPSA) is 0 Å². The lowest BCUT2D eigenvalue weighted by Crippen LogP contribution is -1.88. The summed E-state index contributed by atoms with van der Waals surface area (Å²) in [6.07, 6.45) is 17.6. The molecule has 0 radical (unpaired) electrons. The summed E-state index contributed by atoms with van der Waals surface area (Å²) < 4.78 is 0. The van der Waals surface area contributed by atoms with Crippen molar-refractivity contribution in [2.45, 2.75) is 73.6 Å². The standard InChI is InChI=1S/C20H34/c1-17(2)11-9-15-19(5)13-7-8-14-20(6)16-10-12-18(3)4/h7,11-14,19H,8-10,15-16H2,1-6H3/b13-7-,20-14?. The molecule has 0 saturated heterocycles. The summed E-state index contributed by atoms with van der Waals surface area (Å²) in [7, 11) is 0. The molecule has 0 N–H and O–H groups in total. The molecule has 114 valence electrons. The van der Waals surface area contributed by atoms with E-state index < -0.39 is 0 Å². The van der Waals surface area contributed by atoms with Crippen LogP contribution in [0.15, 0.2) is 47.1 Å². The average Bonchev–Trinajstić information content (AvgIpc) is 2.33. The summed E-state index contributed by atoms with van der Waals surface area (Å²) in [6, 6.07) is 0. The van der Waals surface area contributed by atoms with E-state index in [0.29, 0.717) is 5.92 Å². The minimum absolute atomic E-state index is 0.685. The first-order valence-corrected chi connectivity index (χ1v) is 8.00. The van der Waals surface area contributed by atoms with E-state index >= 15 is 0 Å². The highest BCUT2D eigenvalue weighted by Crippen LogP contribution is 2.11. The molecule has 1 atom stereocenters.